The predicted molar refractivity (Wildman–Crippen MR) is 93.2 cm³/mol. The monoisotopic (exact) mass is 365 g/mol. The van der Waals surface area contributed by atoms with Crippen molar-refractivity contribution < 1.29 is 28.7 Å². The molecule has 0 N–H and O–H groups in total. The van der Waals surface area contributed by atoms with Gasteiger partial charge in [-0.25, -0.2) is 4.79 Å². The SMILES string of the molecule is C=C(C)C(=O)OCCN(C)CC(=O)OCC12CCC(C(=O)C1=O)C2(C)C. The zero-order valence-electron chi connectivity index (χ0n) is 15.9. The number of Topliss-reactive ketones (excluding diaryl/α,β-unsaturated/α-hetero) is 2. The molecule has 0 radical (unpaired) electrons. The van der Waals surface area contributed by atoms with Crippen LogP contribution in [0.3, 0.4) is 0 Å². The first-order valence-corrected chi connectivity index (χ1v) is 8.78. The second-order valence-electron chi connectivity index (χ2n) is 7.90. The summed E-state index contributed by atoms with van der Waals surface area (Å²) >= 11 is 0. The van der Waals surface area contributed by atoms with E-state index < -0.39 is 28.6 Å². The van der Waals surface area contributed by atoms with E-state index in [1.807, 2.05) is 13.8 Å². The lowest BCUT2D eigenvalue weighted by atomic mass is 9.69. The molecule has 0 spiro atoms. The molecule has 0 aliphatic heterocycles. The Bertz CT molecular complexity index is 652. The van der Waals surface area contributed by atoms with Crippen LogP contribution in [0.5, 0.6) is 0 Å². The third kappa shape index (κ3) is 3.45. The number of ether oxygens (including phenoxy) is 2. The van der Waals surface area contributed by atoms with Crippen LogP contribution in [0, 0.1) is 16.7 Å². The summed E-state index contributed by atoms with van der Waals surface area (Å²) in [5.41, 5.74) is -1.05. The van der Waals surface area contributed by atoms with E-state index in [0.717, 1.165) is 0 Å². The van der Waals surface area contributed by atoms with E-state index in [4.69, 9.17) is 9.47 Å². The number of carbonyl (C=O) groups excluding carboxylic acids is 4. The average Bonchev–Trinajstić information content (AvgIpc) is 2.88. The number of ketones is 2. The summed E-state index contributed by atoms with van der Waals surface area (Å²) in [4.78, 5) is 49.5. The Morgan fingerprint density at radius 1 is 1.27 bits per heavy atom. The minimum Gasteiger partial charge on any atom is -0.464 e. The van der Waals surface area contributed by atoms with Gasteiger partial charge in [-0.15, -0.1) is 0 Å². The van der Waals surface area contributed by atoms with Crippen LogP contribution in [0.2, 0.25) is 0 Å². The van der Waals surface area contributed by atoms with Gasteiger partial charge in [-0.3, -0.25) is 19.3 Å². The lowest BCUT2D eigenvalue weighted by Crippen LogP contribution is -2.43. The van der Waals surface area contributed by atoms with E-state index in [-0.39, 0.29) is 31.5 Å². The van der Waals surface area contributed by atoms with E-state index in [1.54, 1.807) is 18.9 Å². The second-order valence-corrected chi connectivity index (χ2v) is 7.90. The molecule has 0 saturated heterocycles. The fraction of sp³-hybridized carbons (Fsp3) is 0.684. The number of hydrogen-bond donors (Lipinski definition) is 0. The lowest BCUT2D eigenvalue weighted by Gasteiger charge is -2.34. The first-order valence-electron chi connectivity index (χ1n) is 8.78. The molecule has 2 aliphatic carbocycles. The summed E-state index contributed by atoms with van der Waals surface area (Å²) in [6.45, 7) is 9.32. The summed E-state index contributed by atoms with van der Waals surface area (Å²) in [5.74, 6) is -1.93. The van der Waals surface area contributed by atoms with Crippen LogP contribution in [-0.4, -0.2) is 61.8 Å². The largest absolute Gasteiger partial charge is 0.464 e. The quantitative estimate of drug-likeness (QED) is 0.362. The maximum Gasteiger partial charge on any atom is 0.333 e. The van der Waals surface area contributed by atoms with Crippen molar-refractivity contribution in [3.63, 3.8) is 0 Å². The maximum atomic E-state index is 12.4. The summed E-state index contributed by atoms with van der Waals surface area (Å²) in [6, 6.07) is 0. The Hall–Kier alpha value is -2.02. The molecule has 2 atom stereocenters. The number of esters is 2. The molecule has 0 aromatic heterocycles. The molecule has 2 fully saturated rings. The Labute approximate surface area is 153 Å². The van der Waals surface area contributed by atoms with Gasteiger partial charge in [0, 0.05) is 18.0 Å². The molecule has 2 aliphatic rings. The number of carbonyl (C=O) groups is 4. The molecule has 0 aromatic rings. The van der Waals surface area contributed by atoms with Gasteiger partial charge in [0.15, 0.2) is 0 Å². The zero-order valence-corrected chi connectivity index (χ0v) is 15.9. The van der Waals surface area contributed by atoms with Gasteiger partial charge in [0.05, 0.1) is 12.0 Å². The Balaban J connectivity index is 1.82. The third-order valence-corrected chi connectivity index (χ3v) is 5.87. The van der Waals surface area contributed by atoms with Crippen LogP contribution >= 0.6 is 0 Å². The number of hydrogen-bond acceptors (Lipinski definition) is 7. The Morgan fingerprint density at radius 2 is 1.92 bits per heavy atom. The van der Waals surface area contributed by atoms with Crippen molar-refractivity contribution in [3.05, 3.63) is 12.2 Å². The van der Waals surface area contributed by atoms with Crippen molar-refractivity contribution in [2.75, 3.05) is 33.4 Å². The first-order chi connectivity index (χ1) is 12.0. The normalized spacial score (nSPS) is 26.3. The van der Waals surface area contributed by atoms with Crippen LogP contribution in [0.1, 0.15) is 33.6 Å². The average molecular weight is 365 g/mol. The van der Waals surface area contributed by atoms with Gasteiger partial charge >= 0.3 is 11.9 Å². The maximum absolute atomic E-state index is 12.4. The molecule has 7 nitrogen and oxygen atoms in total. The topological polar surface area (TPSA) is 90.0 Å². The standard InChI is InChI=1S/C19H27NO6/c1-12(2)17(24)25-9-8-20(5)10-14(21)26-11-19-7-6-13(18(19,3)4)15(22)16(19)23/h13H,1,6-11H2,2-5H3. The van der Waals surface area contributed by atoms with Crippen LogP contribution in [0.4, 0.5) is 0 Å². The fourth-order valence-corrected chi connectivity index (χ4v) is 3.96. The fourth-order valence-electron chi connectivity index (χ4n) is 3.96. The molecule has 2 saturated carbocycles. The van der Waals surface area contributed by atoms with Crippen LogP contribution < -0.4 is 0 Å². The summed E-state index contributed by atoms with van der Waals surface area (Å²) in [5, 5.41) is 0. The van der Waals surface area contributed by atoms with Crippen molar-refractivity contribution in [2.45, 2.75) is 33.6 Å². The zero-order chi connectivity index (χ0) is 19.7. The third-order valence-electron chi connectivity index (χ3n) is 5.87. The van der Waals surface area contributed by atoms with Crippen molar-refractivity contribution >= 4 is 23.5 Å². The first kappa shape index (κ1) is 20.3. The summed E-state index contributed by atoms with van der Waals surface area (Å²) in [7, 11) is 1.70. The molecule has 0 heterocycles. The van der Waals surface area contributed by atoms with E-state index in [0.29, 0.717) is 25.0 Å². The Kier molecular flexibility index (Phi) is 5.70. The van der Waals surface area contributed by atoms with E-state index in [1.165, 1.54) is 0 Å². The molecule has 2 unspecified atom stereocenters. The van der Waals surface area contributed by atoms with E-state index >= 15 is 0 Å². The van der Waals surface area contributed by atoms with Gasteiger partial charge in [0.2, 0.25) is 11.6 Å². The molecule has 0 aromatic carbocycles. The number of likely N-dealkylation sites (N-methyl/N-ethyl adjacent to an activating group) is 1. The highest BCUT2D eigenvalue weighted by Crippen LogP contribution is 2.62. The van der Waals surface area contributed by atoms with Crippen molar-refractivity contribution in [1.29, 1.82) is 0 Å². The van der Waals surface area contributed by atoms with Gasteiger partial charge in [-0.1, -0.05) is 20.4 Å². The van der Waals surface area contributed by atoms with E-state index in [2.05, 4.69) is 6.58 Å². The van der Waals surface area contributed by atoms with Gasteiger partial charge in [-0.05, 0) is 32.2 Å². The highest BCUT2D eigenvalue weighted by Gasteiger charge is 2.69. The Morgan fingerprint density at radius 3 is 2.46 bits per heavy atom. The van der Waals surface area contributed by atoms with Crippen LogP contribution in [-0.2, 0) is 28.7 Å². The van der Waals surface area contributed by atoms with Crippen molar-refractivity contribution in [3.8, 4) is 0 Å². The summed E-state index contributed by atoms with van der Waals surface area (Å²) < 4.78 is 10.3. The molecule has 26 heavy (non-hydrogen) atoms. The number of rotatable bonds is 8. The molecular weight excluding hydrogens is 338 g/mol. The van der Waals surface area contributed by atoms with Crippen LogP contribution in [0.15, 0.2) is 12.2 Å². The smallest absolute Gasteiger partial charge is 0.333 e. The van der Waals surface area contributed by atoms with Crippen molar-refractivity contribution in [2.24, 2.45) is 16.7 Å². The van der Waals surface area contributed by atoms with Crippen molar-refractivity contribution in [1.82, 2.24) is 4.90 Å². The summed E-state index contributed by atoms with van der Waals surface area (Å²) in [6.07, 6.45) is 1.25. The number of fused-ring (bicyclic) bond motifs is 2. The van der Waals surface area contributed by atoms with Gasteiger partial charge in [-0.2, -0.15) is 0 Å². The lowest BCUT2D eigenvalue weighted by molar-refractivity contribution is -0.154. The number of nitrogens with zero attached hydrogens (tertiary/aromatic N) is 1. The highest BCUT2D eigenvalue weighted by atomic mass is 16.5. The predicted octanol–water partition coefficient (Wildman–Crippen LogP) is 1.16. The van der Waals surface area contributed by atoms with Gasteiger partial charge in [0.25, 0.3) is 0 Å². The molecule has 0 amide bonds. The highest BCUT2D eigenvalue weighted by molar-refractivity contribution is 6.43. The molecule has 2 bridgehead atoms. The second kappa shape index (κ2) is 7.31. The van der Waals surface area contributed by atoms with Gasteiger partial charge < -0.3 is 9.47 Å². The molecular formula is C19H27NO6. The molecule has 2 rings (SSSR count). The minimum absolute atomic E-state index is 0.00664. The molecule has 7 heteroatoms. The van der Waals surface area contributed by atoms with Crippen LogP contribution in [0.25, 0.3) is 0 Å². The minimum atomic E-state index is -0.889. The van der Waals surface area contributed by atoms with E-state index in [9.17, 15) is 19.2 Å². The molecule has 144 valence electrons. The van der Waals surface area contributed by atoms with Gasteiger partial charge in [0.1, 0.15) is 13.2 Å².